The highest BCUT2D eigenvalue weighted by atomic mass is 19.1. The van der Waals surface area contributed by atoms with Gasteiger partial charge in [-0.2, -0.15) is 0 Å². The van der Waals surface area contributed by atoms with Crippen LogP contribution in [0.5, 0.6) is 0 Å². The van der Waals surface area contributed by atoms with Crippen LogP contribution in [-0.4, -0.2) is 26.0 Å². The summed E-state index contributed by atoms with van der Waals surface area (Å²) in [6, 6.07) is 7.88. The zero-order valence-electron chi connectivity index (χ0n) is 11.0. The first-order valence-corrected chi connectivity index (χ1v) is 6.45. The quantitative estimate of drug-likeness (QED) is 0.772. The predicted octanol–water partition coefficient (Wildman–Crippen LogP) is 2.58. The van der Waals surface area contributed by atoms with E-state index in [1.54, 1.807) is 6.20 Å². The Bertz CT molecular complexity index is 799. The van der Waals surface area contributed by atoms with Crippen molar-refractivity contribution in [1.82, 2.24) is 15.0 Å². The molecular weight excluding hydrogens is 273 g/mol. The Balaban J connectivity index is 1.90. The predicted molar refractivity (Wildman–Crippen MR) is 74.7 cm³/mol. The average molecular weight is 285 g/mol. The molecular formula is C15H12FN3O2. The van der Waals surface area contributed by atoms with Crippen LogP contribution in [0, 0.1) is 5.82 Å². The van der Waals surface area contributed by atoms with E-state index in [1.807, 2.05) is 18.2 Å². The zero-order valence-corrected chi connectivity index (χ0v) is 11.0. The van der Waals surface area contributed by atoms with E-state index in [1.165, 1.54) is 6.07 Å². The molecule has 0 spiro atoms. The van der Waals surface area contributed by atoms with Gasteiger partial charge in [-0.25, -0.2) is 14.2 Å². The van der Waals surface area contributed by atoms with Gasteiger partial charge in [0.2, 0.25) is 0 Å². The van der Waals surface area contributed by atoms with E-state index in [2.05, 4.69) is 15.0 Å². The molecule has 0 aliphatic heterocycles. The lowest BCUT2D eigenvalue weighted by molar-refractivity contribution is 0.0698. The summed E-state index contributed by atoms with van der Waals surface area (Å²) in [7, 11) is 0. The van der Waals surface area contributed by atoms with E-state index >= 15 is 0 Å². The number of nitrogens with one attached hydrogen (secondary N) is 1. The number of hydrogen-bond acceptors (Lipinski definition) is 3. The Morgan fingerprint density at radius 1 is 1.29 bits per heavy atom. The van der Waals surface area contributed by atoms with E-state index in [0.717, 1.165) is 11.8 Å². The summed E-state index contributed by atoms with van der Waals surface area (Å²) in [5.74, 6) is -1.18. The number of nitrogens with zero attached hydrogens (tertiary/aromatic N) is 2. The molecule has 0 radical (unpaired) electrons. The van der Waals surface area contributed by atoms with Crippen molar-refractivity contribution in [2.24, 2.45) is 0 Å². The second-order valence-corrected chi connectivity index (χ2v) is 4.66. The molecule has 0 atom stereocenters. The maximum absolute atomic E-state index is 13.4. The van der Waals surface area contributed by atoms with Gasteiger partial charge in [-0.05, 0) is 30.7 Å². The van der Waals surface area contributed by atoms with Gasteiger partial charge in [0.25, 0.3) is 0 Å². The van der Waals surface area contributed by atoms with Crippen molar-refractivity contribution in [2.45, 2.75) is 12.8 Å². The molecule has 2 heterocycles. The van der Waals surface area contributed by atoms with Crippen LogP contribution in [0.2, 0.25) is 0 Å². The molecule has 1 aromatic carbocycles. The first-order valence-electron chi connectivity index (χ1n) is 6.45. The zero-order chi connectivity index (χ0) is 14.8. The number of carbonyl (C=O) groups is 1. The minimum atomic E-state index is -1.19. The lowest BCUT2D eigenvalue weighted by atomic mass is 10.2. The maximum Gasteiger partial charge on any atom is 0.338 e. The van der Waals surface area contributed by atoms with Crippen LogP contribution in [0.25, 0.3) is 11.0 Å². The average Bonchev–Trinajstić information content (AvgIpc) is 2.87. The third-order valence-corrected chi connectivity index (χ3v) is 3.17. The van der Waals surface area contributed by atoms with Crippen molar-refractivity contribution in [3.63, 3.8) is 0 Å². The van der Waals surface area contributed by atoms with Gasteiger partial charge in [0.1, 0.15) is 17.2 Å². The number of carboxylic acid groups (broad SMARTS) is 1. The fourth-order valence-electron chi connectivity index (χ4n) is 2.21. The first kappa shape index (κ1) is 13.2. The molecule has 5 nitrogen and oxygen atoms in total. The number of carboxylic acids is 1. The molecule has 0 amide bonds. The molecule has 0 aliphatic rings. The van der Waals surface area contributed by atoms with Crippen molar-refractivity contribution in [3.05, 3.63) is 59.4 Å². The van der Waals surface area contributed by atoms with Crippen molar-refractivity contribution in [2.75, 3.05) is 0 Å². The van der Waals surface area contributed by atoms with E-state index < -0.39 is 11.8 Å². The maximum atomic E-state index is 13.4. The highest BCUT2D eigenvalue weighted by molar-refractivity contribution is 6.00. The molecule has 2 N–H and O–H groups in total. The number of aryl methyl sites for hydroxylation is 2. The minimum absolute atomic E-state index is 0.134. The van der Waals surface area contributed by atoms with E-state index in [4.69, 9.17) is 5.11 Å². The molecule has 0 saturated heterocycles. The third-order valence-electron chi connectivity index (χ3n) is 3.17. The molecule has 0 aliphatic carbocycles. The smallest absolute Gasteiger partial charge is 0.338 e. The second kappa shape index (κ2) is 5.32. The normalized spacial score (nSPS) is 10.9. The van der Waals surface area contributed by atoms with Crippen LogP contribution in [0.1, 0.15) is 21.9 Å². The number of aromatic carboxylic acids is 1. The molecule has 0 fully saturated rings. The Kier molecular flexibility index (Phi) is 3.35. The van der Waals surface area contributed by atoms with Crippen molar-refractivity contribution >= 4 is 17.0 Å². The van der Waals surface area contributed by atoms with Crippen LogP contribution in [0.15, 0.2) is 36.5 Å². The summed E-state index contributed by atoms with van der Waals surface area (Å²) in [6.07, 6.45) is 2.96. The monoisotopic (exact) mass is 285 g/mol. The highest BCUT2D eigenvalue weighted by Crippen LogP contribution is 2.19. The van der Waals surface area contributed by atoms with E-state index in [9.17, 15) is 9.18 Å². The largest absolute Gasteiger partial charge is 0.478 e. The SMILES string of the molecule is O=C(O)c1cc(F)cc2[nH]c(CCc3ccccn3)nc12. The summed E-state index contributed by atoms with van der Waals surface area (Å²) in [4.78, 5) is 22.6. The van der Waals surface area contributed by atoms with E-state index in [0.29, 0.717) is 24.2 Å². The molecule has 2 aromatic heterocycles. The van der Waals surface area contributed by atoms with Crippen molar-refractivity contribution < 1.29 is 14.3 Å². The van der Waals surface area contributed by atoms with Gasteiger partial charge in [0.05, 0.1) is 11.1 Å². The van der Waals surface area contributed by atoms with Gasteiger partial charge in [0, 0.05) is 18.3 Å². The number of fused-ring (bicyclic) bond motifs is 1. The fraction of sp³-hybridized carbons (Fsp3) is 0.133. The van der Waals surface area contributed by atoms with Gasteiger partial charge in [-0.1, -0.05) is 6.07 Å². The summed E-state index contributed by atoms with van der Waals surface area (Å²) in [5, 5.41) is 9.09. The van der Waals surface area contributed by atoms with Gasteiger partial charge in [-0.3, -0.25) is 4.98 Å². The number of aromatic amines is 1. The van der Waals surface area contributed by atoms with Gasteiger partial charge in [-0.15, -0.1) is 0 Å². The molecule has 3 aromatic rings. The summed E-state index contributed by atoms with van der Waals surface area (Å²) >= 11 is 0. The number of H-pyrrole nitrogens is 1. The number of halogens is 1. The van der Waals surface area contributed by atoms with Crippen LogP contribution in [0.3, 0.4) is 0 Å². The molecule has 0 unspecified atom stereocenters. The Morgan fingerprint density at radius 2 is 2.14 bits per heavy atom. The molecule has 0 bridgehead atoms. The van der Waals surface area contributed by atoms with Crippen LogP contribution < -0.4 is 0 Å². The molecule has 21 heavy (non-hydrogen) atoms. The minimum Gasteiger partial charge on any atom is -0.478 e. The number of pyridine rings is 1. The number of rotatable bonds is 4. The van der Waals surface area contributed by atoms with Crippen LogP contribution >= 0.6 is 0 Å². The third kappa shape index (κ3) is 2.74. The second-order valence-electron chi connectivity index (χ2n) is 4.66. The summed E-state index contributed by atoms with van der Waals surface area (Å²) in [5.41, 5.74) is 1.45. The fourth-order valence-corrected chi connectivity index (χ4v) is 2.21. The van der Waals surface area contributed by atoms with E-state index in [-0.39, 0.29) is 11.1 Å². The molecule has 6 heteroatoms. The van der Waals surface area contributed by atoms with Gasteiger partial charge < -0.3 is 10.1 Å². The summed E-state index contributed by atoms with van der Waals surface area (Å²) < 4.78 is 13.4. The van der Waals surface area contributed by atoms with Crippen molar-refractivity contribution in [1.29, 1.82) is 0 Å². The number of benzene rings is 1. The standard InChI is InChI=1S/C15H12FN3O2/c16-9-7-11(15(20)21)14-12(8-9)18-13(19-14)5-4-10-3-1-2-6-17-10/h1-3,6-8H,4-5H2,(H,18,19)(H,20,21). The topological polar surface area (TPSA) is 78.9 Å². The Labute approximate surface area is 119 Å². The Morgan fingerprint density at radius 3 is 2.86 bits per heavy atom. The van der Waals surface area contributed by atoms with Crippen LogP contribution in [-0.2, 0) is 12.8 Å². The van der Waals surface area contributed by atoms with Crippen LogP contribution in [0.4, 0.5) is 4.39 Å². The molecule has 3 rings (SSSR count). The number of aromatic nitrogens is 3. The Hall–Kier alpha value is -2.76. The van der Waals surface area contributed by atoms with Gasteiger partial charge in [0.15, 0.2) is 0 Å². The molecule has 106 valence electrons. The number of imidazole rings is 1. The van der Waals surface area contributed by atoms with Gasteiger partial charge >= 0.3 is 5.97 Å². The lowest BCUT2D eigenvalue weighted by Gasteiger charge is -1.97. The van der Waals surface area contributed by atoms with Crippen molar-refractivity contribution in [3.8, 4) is 0 Å². The molecule has 0 saturated carbocycles. The number of hydrogen-bond donors (Lipinski definition) is 2. The highest BCUT2D eigenvalue weighted by Gasteiger charge is 2.15. The lowest BCUT2D eigenvalue weighted by Crippen LogP contribution is -1.98. The first-order chi connectivity index (χ1) is 10.1. The summed E-state index contributed by atoms with van der Waals surface area (Å²) in [6.45, 7) is 0.